The topological polar surface area (TPSA) is 95.5 Å². The van der Waals surface area contributed by atoms with Crippen molar-refractivity contribution in [2.75, 3.05) is 6.54 Å². The maximum absolute atomic E-state index is 11.8. The van der Waals surface area contributed by atoms with Crippen LogP contribution in [0.3, 0.4) is 0 Å². The minimum absolute atomic E-state index is 0.0330. The van der Waals surface area contributed by atoms with Gasteiger partial charge in [-0.15, -0.1) is 11.8 Å². The van der Waals surface area contributed by atoms with E-state index in [2.05, 4.69) is 10.6 Å². The molecule has 2 rings (SSSR count). The summed E-state index contributed by atoms with van der Waals surface area (Å²) in [7, 11) is 0. The van der Waals surface area contributed by atoms with E-state index in [1.165, 1.54) is 11.8 Å². The van der Waals surface area contributed by atoms with Crippen molar-refractivity contribution in [3.63, 3.8) is 0 Å². The van der Waals surface area contributed by atoms with Gasteiger partial charge in [-0.25, -0.2) is 0 Å². The molecule has 6 nitrogen and oxygen atoms in total. The second-order valence-electron chi connectivity index (χ2n) is 6.21. The van der Waals surface area contributed by atoms with Gasteiger partial charge in [-0.2, -0.15) is 0 Å². The molecule has 7 heteroatoms. The van der Waals surface area contributed by atoms with E-state index in [4.69, 9.17) is 0 Å². The Bertz CT molecular complexity index is 544. The molecule has 1 aliphatic carbocycles. The van der Waals surface area contributed by atoms with Gasteiger partial charge in [-0.05, 0) is 13.8 Å². The Hall–Kier alpha value is -1.60. The summed E-state index contributed by atoms with van der Waals surface area (Å²) in [5.41, 5.74) is 0. The number of carboxylic acid groups (broad SMARTS) is 1. The van der Waals surface area contributed by atoms with E-state index in [0.717, 1.165) is 0 Å². The molecular weight excluding hydrogens is 316 g/mol. The summed E-state index contributed by atoms with van der Waals surface area (Å²) >= 11 is 1.50. The van der Waals surface area contributed by atoms with Crippen molar-refractivity contribution < 1.29 is 19.5 Å². The highest BCUT2D eigenvalue weighted by Crippen LogP contribution is 2.37. The van der Waals surface area contributed by atoms with Gasteiger partial charge in [-0.1, -0.05) is 24.3 Å². The van der Waals surface area contributed by atoms with Crippen molar-refractivity contribution in [3.8, 4) is 0 Å². The molecule has 23 heavy (non-hydrogen) atoms. The molecule has 0 spiro atoms. The lowest BCUT2D eigenvalue weighted by Gasteiger charge is -2.20. The molecular formula is C16H22N2O4S. The van der Waals surface area contributed by atoms with Crippen LogP contribution in [0.15, 0.2) is 24.3 Å². The molecule has 1 fully saturated rings. The molecule has 0 radical (unpaired) electrons. The number of allylic oxidation sites excluding steroid dienone is 4. The number of nitrogens with one attached hydrogen (secondary N) is 2. The smallest absolute Gasteiger partial charge is 0.322 e. The highest BCUT2D eigenvalue weighted by atomic mass is 32.2. The maximum Gasteiger partial charge on any atom is 0.322 e. The van der Waals surface area contributed by atoms with Crippen molar-refractivity contribution in [2.45, 2.75) is 42.9 Å². The zero-order chi connectivity index (χ0) is 17.0. The third kappa shape index (κ3) is 4.68. The highest BCUT2D eigenvalue weighted by molar-refractivity contribution is 8.01. The highest BCUT2D eigenvalue weighted by Gasteiger charge is 2.45. The average molecular weight is 338 g/mol. The van der Waals surface area contributed by atoms with Crippen molar-refractivity contribution in [3.05, 3.63) is 24.3 Å². The van der Waals surface area contributed by atoms with Crippen LogP contribution in [0, 0.1) is 5.92 Å². The number of carbonyl (C=O) groups excluding carboxylic acids is 2. The molecule has 2 atom stereocenters. The molecule has 0 aromatic rings. The molecule has 2 aliphatic rings. The van der Waals surface area contributed by atoms with Crippen molar-refractivity contribution in [1.29, 1.82) is 0 Å². The Labute approximate surface area is 139 Å². The summed E-state index contributed by atoms with van der Waals surface area (Å²) in [6.45, 7) is 4.08. The fourth-order valence-corrected chi connectivity index (χ4v) is 4.08. The van der Waals surface area contributed by atoms with E-state index in [1.807, 2.05) is 38.2 Å². The third-order valence-electron chi connectivity index (χ3n) is 3.94. The Morgan fingerprint density at radius 2 is 1.87 bits per heavy atom. The molecule has 0 aromatic heterocycles. The van der Waals surface area contributed by atoms with Gasteiger partial charge in [-0.3, -0.25) is 19.7 Å². The lowest BCUT2D eigenvalue weighted by Crippen LogP contribution is -2.46. The predicted octanol–water partition coefficient (Wildman–Crippen LogP) is 1.09. The average Bonchev–Trinajstić information content (AvgIpc) is 3.09. The van der Waals surface area contributed by atoms with Crippen LogP contribution in [0.5, 0.6) is 0 Å². The largest absolute Gasteiger partial charge is 0.480 e. The van der Waals surface area contributed by atoms with E-state index in [9.17, 15) is 19.5 Å². The summed E-state index contributed by atoms with van der Waals surface area (Å²) in [5, 5.41) is 14.8. The van der Waals surface area contributed by atoms with Crippen molar-refractivity contribution in [1.82, 2.24) is 10.6 Å². The number of aliphatic carboxylic acids is 1. The maximum atomic E-state index is 11.8. The van der Waals surface area contributed by atoms with Gasteiger partial charge < -0.3 is 10.4 Å². The number of amides is 1. The van der Waals surface area contributed by atoms with Crippen LogP contribution < -0.4 is 10.6 Å². The van der Waals surface area contributed by atoms with E-state index >= 15 is 0 Å². The quantitative estimate of drug-likeness (QED) is 0.643. The molecule has 1 amide bonds. The molecule has 126 valence electrons. The predicted molar refractivity (Wildman–Crippen MR) is 89.0 cm³/mol. The molecule has 1 heterocycles. The van der Waals surface area contributed by atoms with Crippen molar-refractivity contribution in [2.24, 2.45) is 5.92 Å². The monoisotopic (exact) mass is 338 g/mol. The SMILES string of the molecule is CC1(C)S[C@H](CNC(=O)CCC(=O)C2C=CC=C2)N[C@H]1C(=O)O. The molecule has 0 unspecified atom stereocenters. The number of hydrogen-bond donors (Lipinski definition) is 3. The standard InChI is InChI=1S/C16H22N2O4S/c1-16(2)14(15(21)22)18-13(23-16)9-17-12(20)8-7-11(19)10-5-3-4-6-10/h3-6,10,13-14,18H,7-9H2,1-2H3,(H,17,20)(H,21,22)/t13-,14+/m1/s1. The van der Waals surface area contributed by atoms with Gasteiger partial charge >= 0.3 is 5.97 Å². The first-order valence-corrected chi connectivity index (χ1v) is 8.48. The molecule has 0 bridgehead atoms. The van der Waals surface area contributed by atoms with Crippen LogP contribution in [0.1, 0.15) is 26.7 Å². The second-order valence-corrected chi connectivity index (χ2v) is 8.07. The number of rotatable bonds is 7. The van der Waals surface area contributed by atoms with Crippen LogP contribution >= 0.6 is 11.8 Å². The first kappa shape index (κ1) is 17.7. The summed E-state index contributed by atoms with van der Waals surface area (Å²) in [6.07, 6.45) is 7.64. The first-order valence-electron chi connectivity index (χ1n) is 7.60. The van der Waals surface area contributed by atoms with Crippen LogP contribution in [-0.4, -0.2) is 45.5 Å². The first-order chi connectivity index (χ1) is 10.8. The van der Waals surface area contributed by atoms with Gasteiger partial charge in [0.15, 0.2) is 0 Å². The zero-order valence-electron chi connectivity index (χ0n) is 13.2. The van der Waals surface area contributed by atoms with Crippen LogP contribution in [-0.2, 0) is 14.4 Å². The van der Waals surface area contributed by atoms with E-state index in [0.29, 0.717) is 6.54 Å². The number of thioether (sulfide) groups is 1. The van der Waals surface area contributed by atoms with Crippen LogP contribution in [0.25, 0.3) is 0 Å². The van der Waals surface area contributed by atoms with E-state index in [1.54, 1.807) is 0 Å². The van der Waals surface area contributed by atoms with Crippen molar-refractivity contribution >= 4 is 29.4 Å². The second kappa shape index (κ2) is 7.31. The van der Waals surface area contributed by atoms with Gasteiger partial charge in [0.05, 0.1) is 11.3 Å². The zero-order valence-corrected chi connectivity index (χ0v) is 14.1. The molecule has 0 aromatic carbocycles. The molecule has 0 saturated carbocycles. The van der Waals surface area contributed by atoms with Gasteiger partial charge in [0.2, 0.25) is 5.91 Å². The Kier molecular flexibility index (Phi) is 5.64. The lowest BCUT2D eigenvalue weighted by atomic mass is 10.0. The van der Waals surface area contributed by atoms with Crippen LogP contribution in [0.4, 0.5) is 0 Å². The van der Waals surface area contributed by atoms with Gasteiger partial charge in [0.1, 0.15) is 11.8 Å². The van der Waals surface area contributed by atoms with Gasteiger partial charge in [0, 0.05) is 24.1 Å². The lowest BCUT2D eigenvalue weighted by molar-refractivity contribution is -0.139. The Morgan fingerprint density at radius 1 is 1.22 bits per heavy atom. The minimum Gasteiger partial charge on any atom is -0.480 e. The fraction of sp³-hybridized carbons (Fsp3) is 0.562. The number of hydrogen-bond acceptors (Lipinski definition) is 5. The number of carboxylic acids is 1. The van der Waals surface area contributed by atoms with E-state index in [-0.39, 0.29) is 35.8 Å². The summed E-state index contributed by atoms with van der Waals surface area (Å²) < 4.78 is -0.432. The van der Waals surface area contributed by atoms with E-state index < -0.39 is 16.8 Å². The summed E-state index contributed by atoms with van der Waals surface area (Å²) in [6, 6.07) is -0.642. The molecule has 3 N–H and O–H groups in total. The fourth-order valence-electron chi connectivity index (χ4n) is 2.67. The normalized spacial score (nSPS) is 25.7. The molecule has 1 saturated heterocycles. The number of Topliss-reactive ketones (excluding diaryl/α,β-unsaturated/α-hetero) is 1. The van der Waals surface area contributed by atoms with Crippen LogP contribution in [0.2, 0.25) is 0 Å². The number of ketones is 1. The minimum atomic E-state index is -0.889. The molecule has 1 aliphatic heterocycles. The third-order valence-corrected chi connectivity index (χ3v) is 5.37. The Morgan fingerprint density at radius 3 is 2.43 bits per heavy atom. The summed E-state index contributed by atoms with van der Waals surface area (Å²) in [4.78, 5) is 34.9. The van der Waals surface area contributed by atoms with Gasteiger partial charge in [0.25, 0.3) is 0 Å². The summed E-state index contributed by atoms with van der Waals surface area (Å²) in [5.74, 6) is -1.25. The Balaban J connectivity index is 1.71. The number of carbonyl (C=O) groups is 3.